The quantitative estimate of drug-likeness (QED) is 0.0826. The Kier molecular flexibility index (Phi) is 10.5. The Morgan fingerprint density at radius 3 is 2.06 bits per heavy atom. The molecule has 6 rings (SSSR count). The van der Waals surface area contributed by atoms with E-state index >= 15 is 4.39 Å². The van der Waals surface area contributed by atoms with Crippen LogP contribution in [0.1, 0.15) is 70.1 Å². The molecule has 2 fully saturated rings. The van der Waals surface area contributed by atoms with Crippen molar-refractivity contribution in [2.75, 3.05) is 18.6 Å². The van der Waals surface area contributed by atoms with Gasteiger partial charge in [0.25, 0.3) is 0 Å². The minimum atomic E-state index is -5.32. The molecule has 1 N–H and O–H groups in total. The van der Waals surface area contributed by atoms with Crippen LogP contribution in [-0.2, 0) is 27.9 Å². The van der Waals surface area contributed by atoms with E-state index in [-0.39, 0.29) is 34.1 Å². The lowest BCUT2D eigenvalue weighted by Gasteiger charge is -2.29. The molecule has 0 aromatic heterocycles. The number of sulfonamides is 1. The van der Waals surface area contributed by atoms with Gasteiger partial charge in [-0.3, -0.25) is 4.79 Å². The van der Waals surface area contributed by atoms with Crippen LogP contribution in [0.3, 0.4) is 0 Å². The lowest BCUT2D eigenvalue weighted by atomic mass is 9.99. The van der Waals surface area contributed by atoms with Gasteiger partial charge in [0.2, 0.25) is 15.9 Å². The van der Waals surface area contributed by atoms with Crippen LogP contribution >= 0.6 is 27.5 Å². The zero-order chi connectivity index (χ0) is 36.8. The molecule has 4 aromatic carbocycles. The van der Waals surface area contributed by atoms with E-state index in [1.807, 2.05) is 12.1 Å². The number of hydrogen-bond donors (Lipinski definition) is 1. The zero-order valence-electron chi connectivity index (χ0n) is 26.9. The number of hydrogen-bond acceptors (Lipinski definition) is 5. The normalized spacial score (nSPS) is 14.5. The maximum Gasteiger partial charge on any atom is 0.339 e. The van der Waals surface area contributed by atoms with E-state index in [0.29, 0.717) is 16.1 Å². The van der Waals surface area contributed by atoms with Gasteiger partial charge >= 0.3 is 5.97 Å². The number of halogens is 6. The van der Waals surface area contributed by atoms with Gasteiger partial charge in [0, 0.05) is 23.3 Å². The van der Waals surface area contributed by atoms with Crippen LogP contribution in [-0.4, -0.2) is 43.4 Å². The summed E-state index contributed by atoms with van der Waals surface area (Å²) < 4.78 is 91.3. The van der Waals surface area contributed by atoms with Crippen LogP contribution in [0.5, 0.6) is 5.75 Å². The summed E-state index contributed by atoms with van der Waals surface area (Å²) in [5.74, 6) is -10.2. The van der Waals surface area contributed by atoms with Gasteiger partial charge in [-0.05, 0) is 93.9 Å². The molecule has 4 aromatic rings. The van der Waals surface area contributed by atoms with Crippen molar-refractivity contribution in [3.05, 3.63) is 121 Å². The molecule has 0 spiro atoms. The summed E-state index contributed by atoms with van der Waals surface area (Å²) in [5, 5.41) is 9.75. The minimum absolute atomic E-state index is 0.0768. The van der Waals surface area contributed by atoms with Crippen molar-refractivity contribution in [2.24, 2.45) is 0 Å². The van der Waals surface area contributed by atoms with Crippen LogP contribution in [0.4, 0.5) is 23.2 Å². The van der Waals surface area contributed by atoms with Crippen LogP contribution < -0.4 is 9.64 Å². The molecule has 0 aliphatic heterocycles. The number of carbonyl (C=O) groups is 2. The van der Waals surface area contributed by atoms with Gasteiger partial charge in [-0.25, -0.2) is 30.8 Å². The monoisotopic (exact) mass is 808 g/mol. The Bertz CT molecular complexity index is 2100. The number of nitrogens with zero attached hydrogens (tertiary/aromatic N) is 2. The number of aromatic carboxylic acids is 1. The third kappa shape index (κ3) is 7.64. The van der Waals surface area contributed by atoms with Crippen molar-refractivity contribution in [2.45, 2.75) is 55.5 Å². The highest BCUT2D eigenvalue weighted by Gasteiger charge is 2.38. The van der Waals surface area contributed by atoms with Crippen LogP contribution in [0.25, 0.3) is 0 Å². The Hall–Kier alpha value is -3.98. The van der Waals surface area contributed by atoms with Gasteiger partial charge < -0.3 is 14.7 Å². The van der Waals surface area contributed by atoms with Gasteiger partial charge in [0.1, 0.15) is 16.2 Å². The molecule has 51 heavy (non-hydrogen) atoms. The van der Waals surface area contributed by atoms with E-state index in [9.17, 15) is 36.3 Å². The summed E-state index contributed by atoms with van der Waals surface area (Å²) in [7, 11) is -4.06. The molecule has 15 heteroatoms. The highest BCUT2D eigenvalue weighted by Crippen LogP contribution is 2.45. The summed E-state index contributed by atoms with van der Waals surface area (Å²) in [6.07, 6.45) is 4.09. The smallest absolute Gasteiger partial charge is 0.339 e. The number of carbonyl (C=O) groups excluding carboxylic acids is 1. The van der Waals surface area contributed by atoms with Gasteiger partial charge in [-0.1, -0.05) is 48.0 Å². The largest absolute Gasteiger partial charge is 0.496 e. The first kappa shape index (κ1) is 36.8. The molecule has 8 nitrogen and oxygen atoms in total. The number of benzene rings is 4. The highest BCUT2D eigenvalue weighted by molar-refractivity contribution is 9.10. The fourth-order valence-electron chi connectivity index (χ4n) is 5.89. The van der Waals surface area contributed by atoms with E-state index in [1.54, 1.807) is 6.07 Å². The molecule has 0 atom stereocenters. The van der Waals surface area contributed by atoms with E-state index in [1.165, 1.54) is 48.4 Å². The van der Waals surface area contributed by atoms with E-state index in [0.717, 1.165) is 42.4 Å². The summed E-state index contributed by atoms with van der Waals surface area (Å²) in [6.45, 7) is -1.76. The zero-order valence-corrected chi connectivity index (χ0v) is 30.1. The van der Waals surface area contributed by atoms with Crippen LogP contribution in [0, 0.1) is 23.3 Å². The second kappa shape index (κ2) is 14.6. The average molecular weight is 810 g/mol. The summed E-state index contributed by atoms with van der Waals surface area (Å²) in [5.41, 5.74) is 3.08. The van der Waals surface area contributed by atoms with Gasteiger partial charge in [-0.2, -0.15) is 4.31 Å². The van der Waals surface area contributed by atoms with E-state index in [4.69, 9.17) is 16.3 Å². The molecular weight excluding hydrogens is 780 g/mol. The number of ether oxygens (including phenoxy) is 1. The Labute approximate surface area is 304 Å². The Morgan fingerprint density at radius 2 is 1.49 bits per heavy atom. The van der Waals surface area contributed by atoms with Gasteiger partial charge in [0.05, 0.1) is 24.7 Å². The molecule has 0 unspecified atom stereocenters. The van der Waals surface area contributed by atoms with Crippen LogP contribution in [0.15, 0.2) is 70.0 Å². The topological polar surface area (TPSA) is 104 Å². The molecule has 2 saturated carbocycles. The minimum Gasteiger partial charge on any atom is -0.496 e. The molecule has 268 valence electrons. The summed E-state index contributed by atoms with van der Waals surface area (Å²) in [4.78, 5) is 26.0. The summed E-state index contributed by atoms with van der Waals surface area (Å²) >= 11 is 8.90. The number of methoxy groups -OCH3 is 1. The predicted octanol–water partition coefficient (Wildman–Crippen LogP) is 8.54. The van der Waals surface area contributed by atoms with Crippen molar-refractivity contribution in [3.8, 4) is 5.75 Å². The fourth-order valence-corrected chi connectivity index (χ4v) is 8.53. The first-order valence-corrected chi connectivity index (χ1v) is 18.4. The van der Waals surface area contributed by atoms with Crippen molar-refractivity contribution in [3.63, 3.8) is 0 Å². The van der Waals surface area contributed by atoms with Crippen molar-refractivity contribution >= 4 is 55.1 Å². The first-order chi connectivity index (χ1) is 24.2. The second-order valence-electron chi connectivity index (χ2n) is 12.5. The van der Waals surface area contributed by atoms with Crippen LogP contribution in [0.2, 0.25) is 5.02 Å². The Balaban J connectivity index is 1.46. The van der Waals surface area contributed by atoms with E-state index < -0.39 is 67.6 Å². The lowest BCUT2D eigenvalue weighted by molar-refractivity contribution is -0.119. The standard InChI is InChI=1S/C36H30BrClF4N2O6S/c1-50-28-15-25(10-11-26(28)36(46)47)44(16-19-12-23(20-6-7-20)14-24(13-19)21-8-9-21)29(45)18-43(17-22-4-2-3-5-27(22)38)51(48,49)35-30(37)31(39)32(40)33(41)34(35)42/h2-5,10-15,20-21H,6-9,16-18H2,1H3,(H,46,47). The highest BCUT2D eigenvalue weighted by atomic mass is 79.9. The predicted molar refractivity (Wildman–Crippen MR) is 185 cm³/mol. The molecule has 1 amide bonds. The average Bonchev–Trinajstić information content (AvgIpc) is 4.03. The maximum atomic E-state index is 15.2. The summed E-state index contributed by atoms with van der Waals surface area (Å²) in [6, 6.07) is 16.0. The molecule has 0 radical (unpaired) electrons. The molecule has 0 bridgehead atoms. The molecule has 2 aliphatic rings. The molecule has 0 saturated heterocycles. The number of carboxylic acids is 1. The first-order valence-electron chi connectivity index (χ1n) is 15.8. The van der Waals surface area contributed by atoms with Crippen molar-refractivity contribution in [1.82, 2.24) is 4.31 Å². The molecule has 2 aliphatic carbocycles. The number of rotatable bonds is 13. The lowest BCUT2D eigenvalue weighted by Crippen LogP contribution is -2.43. The Morgan fingerprint density at radius 1 is 0.882 bits per heavy atom. The van der Waals surface area contributed by atoms with Gasteiger partial charge in [-0.15, -0.1) is 0 Å². The van der Waals surface area contributed by atoms with Gasteiger partial charge in [0.15, 0.2) is 23.3 Å². The SMILES string of the molecule is COc1cc(N(Cc2cc(C3CC3)cc(C3CC3)c2)C(=O)CN(Cc2ccccc2Cl)S(=O)(=O)c2c(F)c(F)c(F)c(F)c2Br)ccc1C(=O)O. The fraction of sp³-hybridized carbons (Fsp3) is 0.278. The van der Waals surface area contributed by atoms with Crippen molar-refractivity contribution < 1.29 is 45.4 Å². The number of carboxylic acid groups (broad SMARTS) is 1. The second-order valence-corrected chi connectivity index (χ2v) is 15.6. The molecular formula is C36H30BrClF4N2O6S. The van der Waals surface area contributed by atoms with Crippen molar-refractivity contribution in [1.29, 1.82) is 0 Å². The molecule has 0 heterocycles. The third-order valence-corrected chi connectivity index (χ3v) is 12.1. The maximum absolute atomic E-state index is 15.2. The number of anilines is 1. The third-order valence-electron chi connectivity index (χ3n) is 8.89. The number of amides is 1. The van der Waals surface area contributed by atoms with E-state index in [2.05, 4.69) is 22.0 Å².